The Balaban J connectivity index is 1.85. The Labute approximate surface area is 138 Å². The zero-order chi connectivity index (χ0) is 15.7. The number of nitrogens with zero attached hydrogens (tertiary/aromatic N) is 3. The van der Waals surface area contributed by atoms with Gasteiger partial charge in [-0.2, -0.15) is 0 Å². The molecule has 0 saturated heterocycles. The summed E-state index contributed by atoms with van der Waals surface area (Å²) in [6.45, 7) is 3.36. The van der Waals surface area contributed by atoms with Crippen LogP contribution in [-0.4, -0.2) is 26.5 Å². The minimum absolute atomic E-state index is 0.580. The highest BCUT2D eigenvalue weighted by atomic mass is 35.5. The van der Waals surface area contributed by atoms with Gasteiger partial charge in [0, 0.05) is 40.8 Å². The summed E-state index contributed by atoms with van der Waals surface area (Å²) in [6.07, 6.45) is 3.50. The molecule has 116 valence electrons. The van der Waals surface area contributed by atoms with Crippen LogP contribution in [0.15, 0.2) is 18.3 Å². The maximum absolute atomic E-state index is 6.35. The van der Waals surface area contributed by atoms with Crippen LogP contribution in [0.25, 0.3) is 10.9 Å². The molecule has 0 unspecified atom stereocenters. The van der Waals surface area contributed by atoms with Crippen LogP contribution >= 0.6 is 23.2 Å². The summed E-state index contributed by atoms with van der Waals surface area (Å²) >= 11 is 12.4. The first-order chi connectivity index (χ1) is 10.6. The summed E-state index contributed by atoms with van der Waals surface area (Å²) in [5.74, 6) is 0. The van der Waals surface area contributed by atoms with E-state index >= 15 is 0 Å². The van der Waals surface area contributed by atoms with Gasteiger partial charge in [0.15, 0.2) is 0 Å². The van der Waals surface area contributed by atoms with Crippen molar-refractivity contribution in [1.29, 1.82) is 0 Å². The lowest BCUT2D eigenvalue weighted by atomic mass is 10.1. The maximum Gasteiger partial charge on any atom is 0.0839 e. The Morgan fingerprint density at radius 1 is 1.27 bits per heavy atom. The largest absolute Gasteiger partial charge is 0.358 e. The number of nitrogens with two attached hydrogens (primary N) is 1. The van der Waals surface area contributed by atoms with Gasteiger partial charge in [-0.15, -0.1) is 5.10 Å². The molecule has 3 aromatic rings. The molecule has 0 spiro atoms. The monoisotopic (exact) mass is 337 g/mol. The highest BCUT2D eigenvalue weighted by molar-refractivity contribution is 6.38. The molecule has 3 rings (SSSR count). The SMILES string of the molecule is Cc1[nH]c2cc(Cl)cc(Cl)c2c1CCn1cc(CCN)nn1. The minimum atomic E-state index is 0.580. The zero-order valence-electron chi connectivity index (χ0n) is 12.2. The lowest BCUT2D eigenvalue weighted by Crippen LogP contribution is -2.03. The Bertz CT molecular complexity index is 806. The third-order valence-corrected chi connectivity index (χ3v) is 4.23. The molecule has 2 heterocycles. The van der Waals surface area contributed by atoms with E-state index < -0.39 is 0 Å². The van der Waals surface area contributed by atoms with Gasteiger partial charge in [-0.05, 0) is 37.6 Å². The van der Waals surface area contributed by atoms with Crippen molar-refractivity contribution in [2.24, 2.45) is 5.73 Å². The molecule has 0 fully saturated rings. The molecule has 22 heavy (non-hydrogen) atoms. The number of aromatic nitrogens is 4. The molecule has 0 amide bonds. The second-order valence-corrected chi connectivity index (χ2v) is 6.14. The number of rotatable bonds is 5. The molecule has 0 atom stereocenters. The fourth-order valence-corrected chi connectivity index (χ4v) is 3.30. The first kappa shape index (κ1) is 15.3. The van der Waals surface area contributed by atoms with Crippen LogP contribution in [0.4, 0.5) is 0 Å². The summed E-state index contributed by atoms with van der Waals surface area (Å²) in [5, 5.41) is 10.6. The highest BCUT2D eigenvalue weighted by Crippen LogP contribution is 2.32. The average Bonchev–Trinajstić information content (AvgIpc) is 3.01. The van der Waals surface area contributed by atoms with Crippen molar-refractivity contribution in [2.45, 2.75) is 26.3 Å². The van der Waals surface area contributed by atoms with E-state index in [0.29, 0.717) is 16.6 Å². The smallest absolute Gasteiger partial charge is 0.0839 e. The van der Waals surface area contributed by atoms with Gasteiger partial charge in [0.2, 0.25) is 0 Å². The van der Waals surface area contributed by atoms with E-state index in [1.807, 2.05) is 23.9 Å². The predicted molar refractivity (Wildman–Crippen MR) is 89.5 cm³/mol. The van der Waals surface area contributed by atoms with E-state index in [1.54, 1.807) is 6.07 Å². The van der Waals surface area contributed by atoms with Crippen molar-refractivity contribution < 1.29 is 0 Å². The molecule has 1 aromatic carbocycles. The van der Waals surface area contributed by atoms with E-state index in [1.165, 1.54) is 5.56 Å². The van der Waals surface area contributed by atoms with Crippen LogP contribution in [0.2, 0.25) is 10.0 Å². The maximum atomic E-state index is 6.35. The summed E-state index contributed by atoms with van der Waals surface area (Å²) in [5.41, 5.74) is 9.70. The molecular weight excluding hydrogens is 321 g/mol. The molecule has 5 nitrogen and oxygen atoms in total. The van der Waals surface area contributed by atoms with Crippen LogP contribution in [0.5, 0.6) is 0 Å². The van der Waals surface area contributed by atoms with Gasteiger partial charge in [-0.25, -0.2) is 0 Å². The molecule has 0 saturated carbocycles. The van der Waals surface area contributed by atoms with Gasteiger partial charge in [-0.1, -0.05) is 28.4 Å². The molecule has 0 aliphatic carbocycles. The van der Waals surface area contributed by atoms with Gasteiger partial charge < -0.3 is 10.7 Å². The number of H-pyrrole nitrogens is 1. The van der Waals surface area contributed by atoms with E-state index in [2.05, 4.69) is 15.3 Å². The summed E-state index contributed by atoms with van der Waals surface area (Å²) < 4.78 is 1.84. The Kier molecular flexibility index (Phi) is 4.38. The van der Waals surface area contributed by atoms with Gasteiger partial charge in [0.25, 0.3) is 0 Å². The van der Waals surface area contributed by atoms with E-state index in [-0.39, 0.29) is 0 Å². The van der Waals surface area contributed by atoms with Gasteiger partial charge in [-0.3, -0.25) is 4.68 Å². The predicted octanol–water partition coefficient (Wildman–Crippen LogP) is 3.12. The molecule has 3 N–H and O–H groups in total. The topological polar surface area (TPSA) is 72.5 Å². The van der Waals surface area contributed by atoms with E-state index in [9.17, 15) is 0 Å². The van der Waals surface area contributed by atoms with Crippen LogP contribution in [0, 0.1) is 6.92 Å². The number of aromatic amines is 1. The summed E-state index contributed by atoms with van der Waals surface area (Å²) in [4.78, 5) is 3.34. The minimum Gasteiger partial charge on any atom is -0.358 e. The Hall–Kier alpha value is -1.56. The van der Waals surface area contributed by atoms with Crippen molar-refractivity contribution in [3.05, 3.63) is 45.3 Å². The van der Waals surface area contributed by atoms with Gasteiger partial charge in [0.1, 0.15) is 0 Å². The van der Waals surface area contributed by atoms with Crippen LogP contribution in [0.1, 0.15) is 17.0 Å². The van der Waals surface area contributed by atoms with Crippen molar-refractivity contribution >= 4 is 34.1 Å². The average molecular weight is 338 g/mol. The number of aryl methyl sites for hydroxylation is 3. The van der Waals surface area contributed by atoms with Crippen molar-refractivity contribution in [1.82, 2.24) is 20.0 Å². The number of halogens is 2. The number of hydrogen-bond donors (Lipinski definition) is 2. The summed E-state index contributed by atoms with van der Waals surface area (Å²) in [7, 11) is 0. The van der Waals surface area contributed by atoms with E-state index in [0.717, 1.165) is 41.7 Å². The Morgan fingerprint density at radius 2 is 2.09 bits per heavy atom. The second-order valence-electron chi connectivity index (χ2n) is 5.30. The molecule has 7 heteroatoms. The van der Waals surface area contributed by atoms with Crippen molar-refractivity contribution in [2.75, 3.05) is 6.54 Å². The second kappa shape index (κ2) is 6.28. The van der Waals surface area contributed by atoms with Crippen molar-refractivity contribution in [3.8, 4) is 0 Å². The third-order valence-electron chi connectivity index (χ3n) is 3.71. The molecule has 0 bridgehead atoms. The lowest BCUT2D eigenvalue weighted by Gasteiger charge is -2.03. The Morgan fingerprint density at radius 3 is 2.86 bits per heavy atom. The molecule has 0 radical (unpaired) electrons. The summed E-state index contributed by atoms with van der Waals surface area (Å²) in [6, 6.07) is 3.67. The number of benzene rings is 1. The van der Waals surface area contributed by atoms with Crippen LogP contribution < -0.4 is 5.73 Å². The van der Waals surface area contributed by atoms with Gasteiger partial charge >= 0.3 is 0 Å². The fraction of sp³-hybridized carbons (Fsp3) is 0.333. The highest BCUT2D eigenvalue weighted by Gasteiger charge is 2.13. The number of fused-ring (bicyclic) bond motifs is 1. The normalized spacial score (nSPS) is 11.5. The molecular formula is C15H17Cl2N5. The van der Waals surface area contributed by atoms with E-state index in [4.69, 9.17) is 28.9 Å². The first-order valence-corrected chi connectivity index (χ1v) is 7.89. The molecule has 0 aliphatic heterocycles. The quantitative estimate of drug-likeness (QED) is 0.751. The zero-order valence-corrected chi connectivity index (χ0v) is 13.7. The number of hydrogen-bond acceptors (Lipinski definition) is 3. The standard InChI is InChI=1S/C15H17Cl2N5/c1-9-12(3-5-22-8-11(2-4-18)20-21-22)15-13(17)6-10(16)7-14(15)19-9/h6-8,19H,2-5,18H2,1H3. The van der Waals surface area contributed by atoms with Crippen LogP contribution in [-0.2, 0) is 19.4 Å². The fourth-order valence-electron chi connectivity index (χ4n) is 2.69. The molecule has 2 aromatic heterocycles. The van der Waals surface area contributed by atoms with Crippen molar-refractivity contribution in [3.63, 3.8) is 0 Å². The third kappa shape index (κ3) is 2.97. The first-order valence-electron chi connectivity index (χ1n) is 7.13. The lowest BCUT2D eigenvalue weighted by molar-refractivity contribution is 0.589. The number of nitrogens with one attached hydrogen (secondary N) is 1. The van der Waals surface area contributed by atoms with Gasteiger partial charge in [0.05, 0.1) is 10.7 Å². The molecule has 0 aliphatic rings. The van der Waals surface area contributed by atoms with Crippen LogP contribution in [0.3, 0.4) is 0 Å².